The molecular weight excluding hydrogens is 278 g/mol. The standard InChI is InChI=1S/C13H19N3O5/c1-14-12-10(4-3-5-11(12)16(19)20)13(18)15(6-8-17)7-9-21-2/h3-5,14,17H,6-9H2,1-2H3. The number of anilines is 1. The molecule has 0 atom stereocenters. The SMILES string of the molecule is CNc1c(C(=O)N(CCO)CCOC)cccc1[N+](=O)[O-]. The number of carbonyl (C=O) groups excluding carboxylic acids is 1. The number of hydrogen-bond acceptors (Lipinski definition) is 6. The van der Waals surface area contributed by atoms with Crippen LogP contribution in [-0.2, 0) is 4.74 Å². The third kappa shape index (κ3) is 4.14. The van der Waals surface area contributed by atoms with E-state index >= 15 is 0 Å². The fourth-order valence-electron chi connectivity index (χ4n) is 1.94. The van der Waals surface area contributed by atoms with Crippen LogP contribution >= 0.6 is 0 Å². The third-order valence-corrected chi connectivity index (χ3v) is 2.94. The highest BCUT2D eigenvalue weighted by Gasteiger charge is 2.24. The highest BCUT2D eigenvalue weighted by molar-refractivity contribution is 6.01. The molecule has 0 saturated carbocycles. The minimum atomic E-state index is -0.547. The van der Waals surface area contributed by atoms with E-state index < -0.39 is 10.8 Å². The van der Waals surface area contributed by atoms with E-state index in [1.165, 1.54) is 37.3 Å². The topological polar surface area (TPSA) is 105 Å². The van der Waals surface area contributed by atoms with Gasteiger partial charge in [-0.2, -0.15) is 0 Å². The number of aliphatic hydroxyl groups excluding tert-OH is 1. The molecule has 0 unspecified atom stereocenters. The lowest BCUT2D eigenvalue weighted by atomic mass is 10.1. The normalized spacial score (nSPS) is 10.2. The highest BCUT2D eigenvalue weighted by Crippen LogP contribution is 2.28. The summed E-state index contributed by atoms with van der Waals surface area (Å²) in [5.74, 6) is -0.394. The molecule has 2 N–H and O–H groups in total. The van der Waals surface area contributed by atoms with Crippen LogP contribution in [0.2, 0.25) is 0 Å². The summed E-state index contributed by atoms with van der Waals surface area (Å²) in [6.07, 6.45) is 0. The molecule has 1 amide bonds. The Bertz CT molecular complexity index is 507. The van der Waals surface area contributed by atoms with Gasteiger partial charge >= 0.3 is 0 Å². The molecule has 21 heavy (non-hydrogen) atoms. The lowest BCUT2D eigenvalue weighted by Crippen LogP contribution is -2.36. The van der Waals surface area contributed by atoms with E-state index in [-0.39, 0.29) is 30.1 Å². The fourth-order valence-corrected chi connectivity index (χ4v) is 1.94. The zero-order valence-electron chi connectivity index (χ0n) is 12.0. The van der Waals surface area contributed by atoms with E-state index in [9.17, 15) is 14.9 Å². The van der Waals surface area contributed by atoms with Crippen molar-refractivity contribution in [3.05, 3.63) is 33.9 Å². The first-order valence-electron chi connectivity index (χ1n) is 6.41. The van der Waals surface area contributed by atoms with E-state index in [4.69, 9.17) is 9.84 Å². The van der Waals surface area contributed by atoms with Crippen LogP contribution < -0.4 is 5.32 Å². The fraction of sp³-hybridized carbons (Fsp3) is 0.462. The van der Waals surface area contributed by atoms with Crippen molar-refractivity contribution in [2.24, 2.45) is 0 Å². The number of para-hydroxylation sites is 1. The molecule has 0 bridgehead atoms. The van der Waals surface area contributed by atoms with Gasteiger partial charge in [-0.3, -0.25) is 14.9 Å². The molecule has 0 aromatic heterocycles. The minimum absolute atomic E-state index is 0.133. The summed E-state index contributed by atoms with van der Waals surface area (Å²) in [6, 6.07) is 4.30. The lowest BCUT2D eigenvalue weighted by Gasteiger charge is -2.22. The molecule has 1 aromatic carbocycles. The molecule has 0 aliphatic rings. The third-order valence-electron chi connectivity index (χ3n) is 2.94. The van der Waals surface area contributed by atoms with Crippen LogP contribution in [0.15, 0.2) is 18.2 Å². The van der Waals surface area contributed by atoms with Crippen LogP contribution in [0.25, 0.3) is 0 Å². The van der Waals surface area contributed by atoms with E-state index in [1.807, 2.05) is 0 Å². The van der Waals surface area contributed by atoms with Crippen molar-refractivity contribution >= 4 is 17.3 Å². The largest absolute Gasteiger partial charge is 0.395 e. The molecule has 116 valence electrons. The first-order chi connectivity index (χ1) is 10.1. The maximum Gasteiger partial charge on any atom is 0.293 e. The maximum atomic E-state index is 12.5. The number of amides is 1. The molecule has 1 rings (SSSR count). The van der Waals surface area contributed by atoms with Crippen LogP contribution in [0.4, 0.5) is 11.4 Å². The van der Waals surface area contributed by atoms with Crippen molar-refractivity contribution in [2.45, 2.75) is 0 Å². The summed E-state index contributed by atoms with van der Waals surface area (Å²) < 4.78 is 4.92. The Hall–Kier alpha value is -2.19. The van der Waals surface area contributed by atoms with Gasteiger partial charge in [0.2, 0.25) is 0 Å². The van der Waals surface area contributed by atoms with Crippen molar-refractivity contribution < 1.29 is 19.6 Å². The van der Waals surface area contributed by atoms with Gasteiger partial charge in [0, 0.05) is 33.3 Å². The number of methoxy groups -OCH3 is 1. The van der Waals surface area contributed by atoms with Crippen LogP contribution in [0, 0.1) is 10.1 Å². The minimum Gasteiger partial charge on any atom is -0.395 e. The first-order valence-corrected chi connectivity index (χ1v) is 6.41. The average Bonchev–Trinajstić information content (AvgIpc) is 2.49. The number of carbonyl (C=O) groups is 1. The zero-order chi connectivity index (χ0) is 15.8. The number of nitrogens with one attached hydrogen (secondary N) is 1. The zero-order valence-corrected chi connectivity index (χ0v) is 12.0. The Morgan fingerprint density at radius 3 is 2.71 bits per heavy atom. The number of aliphatic hydroxyl groups is 1. The molecule has 8 nitrogen and oxygen atoms in total. The molecule has 0 aliphatic heterocycles. The summed E-state index contributed by atoms with van der Waals surface area (Å²) in [4.78, 5) is 24.3. The predicted molar refractivity (Wildman–Crippen MR) is 77.5 cm³/mol. The quantitative estimate of drug-likeness (QED) is 0.541. The van der Waals surface area contributed by atoms with Gasteiger partial charge in [0.05, 0.1) is 23.7 Å². The van der Waals surface area contributed by atoms with E-state index in [2.05, 4.69) is 5.32 Å². The van der Waals surface area contributed by atoms with E-state index in [1.54, 1.807) is 0 Å². The molecule has 0 aliphatic carbocycles. The number of hydrogen-bond donors (Lipinski definition) is 2. The molecule has 0 radical (unpaired) electrons. The number of nitrogens with zero attached hydrogens (tertiary/aromatic N) is 2. The Kier molecular flexibility index (Phi) is 6.57. The van der Waals surface area contributed by atoms with Gasteiger partial charge in [0.25, 0.3) is 11.6 Å². The van der Waals surface area contributed by atoms with Gasteiger partial charge in [-0.05, 0) is 6.07 Å². The summed E-state index contributed by atoms with van der Waals surface area (Å²) in [6.45, 7) is 0.546. The number of nitro benzene ring substituents is 1. The molecule has 1 aromatic rings. The van der Waals surface area contributed by atoms with Gasteiger partial charge in [-0.15, -0.1) is 0 Å². The summed E-state index contributed by atoms with van der Waals surface area (Å²) in [7, 11) is 3.03. The summed E-state index contributed by atoms with van der Waals surface area (Å²) >= 11 is 0. The van der Waals surface area contributed by atoms with Crippen LogP contribution in [0.1, 0.15) is 10.4 Å². The van der Waals surface area contributed by atoms with Crippen molar-refractivity contribution in [1.82, 2.24) is 4.90 Å². The average molecular weight is 297 g/mol. The lowest BCUT2D eigenvalue weighted by molar-refractivity contribution is -0.384. The number of benzene rings is 1. The Morgan fingerprint density at radius 1 is 1.48 bits per heavy atom. The molecular formula is C13H19N3O5. The smallest absolute Gasteiger partial charge is 0.293 e. The van der Waals surface area contributed by atoms with Crippen LogP contribution in [-0.4, -0.2) is 61.3 Å². The molecule has 8 heteroatoms. The summed E-state index contributed by atoms with van der Waals surface area (Å²) in [5.41, 5.74) is 0.183. The van der Waals surface area contributed by atoms with Crippen LogP contribution in [0.3, 0.4) is 0 Å². The second-order valence-electron chi connectivity index (χ2n) is 4.22. The molecule has 0 saturated heterocycles. The van der Waals surface area contributed by atoms with Crippen molar-refractivity contribution in [3.8, 4) is 0 Å². The second-order valence-corrected chi connectivity index (χ2v) is 4.22. The van der Waals surface area contributed by atoms with Gasteiger partial charge in [0.1, 0.15) is 5.69 Å². The summed E-state index contributed by atoms with van der Waals surface area (Å²) in [5, 5.41) is 22.7. The Balaban J connectivity index is 3.14. The predicted octanol–water partition coefficient (Wildman–Crippen LogP) is 0.717. The van der Waals surface area contributed by atoms with Crippen molar-refractivity contribution in [1.29, 1.82) is 0 Å². The molecule has 0 fully saturated rings. The number of nitro groups is 1. The van der Waals surface area contributed by atoms with Crippen LogP contribution in [0.5, 0.6) is 0 Å². The van der Waals surface area contributed by atoms with Gasteiger partial charge in [-0.25, -0.2) is 0 Å². The van der Waals surface area contributed by atoms with E-state index in [0.29, 0.717) is 13.2 Å². The van der Waals surface area contributed by atoms with Crippen molar-refractivity contribution in [3.63, 3.8) is 0 Å². The first kappa shape index (κ1) is 16.9. The maximum absolute atomic E-state index is 12.5. The van der Waals surface area contributed by atoms with Gasteiger partial charge < -0.3 is 20.1 Å². The van der Waals surface area contributed by atoms with Crippen molar-refractivity contribution in [2.75, 3.05) is 45.8 Å². The Morgan fingerprint density at radius 2 is 2.19 bits per heavy atom. The van der Waals surface area contributed by atoms with Gasteiger partial charge in [-0.1, -0.05) is 6.07 Å². The number of rotatable bonds is 8. The highest BCUT2D eigenvalue weighted by atomic mass is 16.6. The molecule has 0 spiro atoms. The van der Waals surface area contributed by atoms with E-state index in [0.717, 1.165) is 0 Å². The van der Waals surface area contributed by atoms with Gasteiger partial charge in [0.15, 0.2) is 0 Å². The second kappa shape index (κ2) is 8.18. The number of ether oxygens (including phenoxy) is 1. The molecule has 0 heterocycles. The Labute approximate surface area is 122 Å². The monoisotopic (exact) mass is 297 g/mol.